The lowest BCUT2D eigenvalue weighted by molar-refractivity contribution is -0.116. The van der Waals surface area contributed by atoms with E-state index in [1.165, 1.54) is 10.9 Å². The largest absolute Gasteiger partial charge is 0.477 e. The number of hydrogen-bond acceptors (Lipinski definition) is 5. The summed E-state index contributed by atoms with van der Waals surface area (Å²) < 4.78 is 6.79. The number of ether oxygens (including phenoxy) is 1. The highest BCUT2D eigenvalue weighted by molar-refractivity contribution is 5.99. The standard InChI is InChI=1S/C24H24N4O5/c1-14(11-21(29)26-22-19(23(30)31)12-28(2)27-22)25-24(32)33-13-20-17-9-5-3-7-15(17)16-8-4-6-10-18(16)20/h3-10,12,14,20H,11,13H2,1-2H3,(H,25,32)(H,30,31)(H,26,27,29). The van der Waals surface area contributed by atoms with Crippen LogP contribution in [0.3, 0.4) is 0 Å². The number of carbonyl (C=O) groups excluding carboxylic acids is 2. The van der Waals surface area contributed by atoms with Crippen molar-refractivity contribution in [2.75, 3.05) is 11.9 Å². The number of alkyl carbamates (subject to hydrolysis) is 1. The summed E-state index contributed by atoms with van der Waals surface area (Å²) in [5, 5.41) is 18.2. The van der Waals surface area contributed by atoms with Gasteiger partial charge in [-0.25, -0.2) is 9.59 Å². The third-order valence-corrected chi connectivity index (χ3v) is 5.52. The van der Waals surface area contributed by atoms with Gasteiger partial charge in [0.1, 0.15) is 12.2 Å². The fourth-order valence-corrected chi connectivity index (χ4v) is 4.09. The van der Waals surface area contributed by atoms with Crippen molar-refractivity contribution in [1.82, 2.24) is 15.1 Å². The molecule has 3 aromatic rings. The lowest BCUT2D eigenvalue weighted by atomic mass is 9.98. The number of hydrogen-bond donors (Lipinski definition) is 3. The Kier molecular flexibility index (Phi) is 6.12. The summed E-state index contributed by atoms with van der Waals surface area (Å²) >= 11 is 0. The van der Waals surface area contributed by atoms with E-state index < -0.39 is 24.0 Å². The minimum absolute atomic E-state index is 0.0386. The summed E-state index contributed by atoms with van der Waals surface area (Å²) in [7, 11) is 1.56. The number of carbonyl (C=O) groups is 3. The fraction of sp³-hybridized carbons (Fsp3) is 0.250. The van der Waals surface area contributed by atoms with Crippen LogP contribution in [0.1, 0.15) is 40.7 Å². The Morgan fingerprint density at radius 1 is 1.09 bits per heavy atom. The second-order valence-electron chi connectivity index (χ2n) is 7.99. The zero-order valence-electron chi connectivity index (χ0n) is 18.2. The van der Waals surface area contributed by atoms with Crippen LogP contribution in [-0.4, -0.2) is 45.5 Å². The van der Waals surface area contributed by atoms with Crippen LogP contribution in [0.4, 0.5) is 10.6 Å². The summed E-state index contributed by atoms with van der Waals surface area (Å²) in [6, 6.07) is 15.6. The second kappa shape index (κ2) is 9.15. The Morgan fingerprint density at radius 3 is 2.30 bits per heavy atom. The average Bonchev–Trinajstić information content (AvgIpc) is 3.29. The number of nitrogens with one attached hydrogen (secondary N) is 2. The molecular formula is C24H24N4O5. The predicted molar refractivity (Wildman–Crippen MR) is 121 cm³/mol. The smallest absolute Gasteiger partial charge is 0.407 e. The first kappa shape index (κ1) is 22.1. The maximum Gasteiger partial charge on any atom is 0.407 e. The minimum atomic E-state index is -1.19. The molecule has 4 rings (SSSR count). The van der Waals surface area contributed by atoms with Crippen molar-refractivity contribution in [1.29, 1.82) is 0 Å². The van der Waals surface area contributed by atoms with E-state index in [0.717, 1.165) is 22.3 Å². The lowest BCUT2D eigenvalue weighted by Gasteiger charge is -2.17. The molecule has 0 saturated heterocycles. The summed E-state index contributed by atoms with van der Waals surface area (Å²) in [4.78, 5) is 35.9. The number of aromatic nitrogens is 2. The third-order valence-electron chi connectivity index (χ3n) is 5.52. The van der Waals surface area contributed by atoms with E-state index in [2.05, 4.69) is 27.9 Å². The number of benzene rings is 2. The van der Waals surface area contributed by atoms with Gasteiger partial charge in [0.05, 0.1) is 0 Å². The number of carboxylic acid groups (broad SMARTS) is 1. The van der Waals surface area contributed by atoms with Gasteiger partial charge in [-0.05, 0) is 29.2 Å². The molecular weight excluding hydrogens is 424 g/mol. The Hall–Kier alpha value is -4.14. The Morgan fingerprint density at radius 2 is 1.70 bits per heavy atom. The summed E-state index contributed by atoms with van der Waals surface area (Å²) in [5.74, 6) is -1.76. The van der Waals surface area contributed by atoms with Crippen molar-refractivity contribution < 1.29 is 24.2 Å². The van der Waals surface area contributed by atoms with Gasteiger partial charge >= 0.3 is 12.1 Å². The number of amides is 2. The van der Waals surface area contributed by atoms with Gasteiger partial charge in [-0.15, -0.1) is 0 Å². The molecule has 0 spiro atoms. The number of aromatic carboxylic acids is 1. The first-order chi connectivity index (χ1) is 15.8. The van der Waals surface area contributed by atoms with E-state index in [-0.39, 0.29) is 30.3 Å². The van der Waals surface area contributed by atoms with Crippen molar-refractivity contribution in [3.05, 3.63) is 71.4 Å². The van der Waals surface area contributed by atoms with Gasteiger partial charge in [0.25, 0.3) is 0 Å². The lowest BCUT2D eigenvalue weighted by Crippen LogP contribution is -2.36. The van der Waals surface area contributed by atoms with Crippen LogP contribution in [0.2, 0.25) is 0 Å². The van der Waals surface area contributed by atoms with E-state index in [4.69, 9.17) is 4.74 Å². The SMILES string of the molecule is CC(CC(=O)Nc1nn(C)cc1C(=O)O)NC(=O)OCC1c2ccccc2-c2ccccc21. The number of nitrogens with zero attached hydrogens (tertiary/aromatic N) is 2. The zero-order chi connectivity index (χ0) is 23.5. The topological polar surface area (TPSA) is 123 Å². The molecule has 1 heterocycles. The van der Waals surface area contributed by atoms with Crippen LogP contribution < -0.4 is 10.6 Å². The van der Waals surface area contributed by atoms with Crippen LogP contribution in [0.5, 0.6) is 0 Å². The van der Waals surface area contributed by atoms with Gasteiger partial charge in [-0.3, -0.25) is 9.48 Å². The minimum Gasteiger partial charge on any atom is -0.477 e. The zero-order valence-corrected chi connectivity index (χ0v) is 18.2. The maximum atomic E-state index is 12.4. The normalized spacial score (nSPS) is 13.0. The third kappa shape index (κ3) is 4.72. The monoisotopic (exact) mass is 448 g/mol. The molecule has 170 valence electrons. The molecule has 33 heavy (non-hydrogen) atoms. The number of aryl methyl sites for hydroxylation is 1. The molecule has 1 aromatic heterocycles. The highest BCUT2D eigenvalue weighted by atomic mass is 16.5. The van der Waals surface area contributed by atoms with E-state index in [1.807, 2.05) is 36.4 Å². The molecule has 0 radical (unpaired) electrons. The highest BCUT2D eigenvalue weighted by Crippen LogP contribution is 2.44. The van der Waals surface area contributed by atoms with Gasteiger partial charge in [0.2, 0.25) is 5.91 Å². The number of anilines is 1. The molecule has 1 aliphatic rings. The number of fused-ring (bicyclic) bond motifs is 3. The maximum absolute atomic E-state index is 12.4. The molecule has 3 N–H and O–H groups in total. The Balaban J connectivity index is 1.31. The van der Waals surface area contributed by atoms with Crippen molar-refractivity contribution in [2.24, 2.45) is 7.05 Å². The summed E-state index contributed by atoms with van der Waals surface area (Å²) in [6.07, 6.45) is 0.608. The van der Waals surface area contributed by atoms with Crippen LogP contribution in [0.25, 0.3) is 11.1 Å². The van der Waals surface area contributed by atoms with Gasteiger partial charge in [-0.2, -0.15) is 5.10 Å². The van der Waals surface area contributed by atoms with Crippen LogP contribution >= 0.6 is 0 Å². The van der Waals surface area contributed by atoms with E-state index in [1.54, 1.807) is 14.0 Å². The number of carboxylic acids is 1. The van der Waals surface area contributed by atoms with Gasteiger partial charge in [0, 0.05) is 31.6 Å². The average molecular weight is 448 g/mol. The molecule has 1 unspecified atom stereocenters. The highest BCUT2D eigenvalue weighted by Gasteiger charge is 2.29. The first-order valence-corrected chi connectivity index (χ1v) is 10.5. The summed E-state index contributed by atoms with van der Waals surface area (Å²) in [6.45, 7) is 1.84. The van der Waals surface area contributed by atoms with Crippen molar-refractivity contribution in [2.45, 2.75) is 25.3 Å². The first-order valence-electron chi connectivity index (χ1n) is 10.5. The molecule has 0 aliphatic heterocycles. The molecule has 0 bridgehead atoms. The second-order valence-corrected chi connectivity index (χ2v) is 7.99. The van der Waals surface area contributed by atoms with Gasteiger partial charge in [0.15, 0.2) is 5.82 Å². The quantitative estimate of drug-likeness (QED) is 0.509. The molecule has 0 fully saturated rings. The Bertz CT molecular complexity index is 1170. The molecule has 0 saturated carbocycles. The van der Waals surface area contributed by atoms with Crippen LogP contribution in [0, 0.1) is 0 Å². The molecule has 9 nitrogen and oxygen atoms in total. The fourth-order valence-electron chi connectivity index (χ4n) is 4.09. The van der Waals surface area contributed by atoms with Crippen molar-refractivity contribution in [3.8, 4) is 11.1 Å². The Labute approximate surface area is 190 Å². The van der Waals surface area contributed by atoms with Gasteiger partial charge < -0.3 is 20.5 Å². The molecule has 9 heteroatoms. The molecule has 1 atom stereocenters. The summed E-state index contributed by atoms with van der Waals surface area (Å²) in [5.41, 5.74) is 4.40. The van der Waals surface area contributed by atoms with Crippen LogP contribution in [-0.2, 0) is 16.6 Å². The predicted octanol–water partition coefficient (Wildman–Crippen LogP) is 3.37. The van der Waals surface area contributed by atoms with Gasteiger partial charge in [-0.1, -0.05) is 48.5 Å². The molecule has 2 amide bonds. The van der Waals surface area contributed by atoms with Crippen molar-refractivity contribution in [3.63, 3.8) is 0 Å². The van der Waals surface area contributed by atoms with Crippen molar-refractivity contribution >= 4 is 23.8 Å². The van der Waals surface area contributed by atoms with E-state index >= 15 is 0 Å². The number of rotatable bonds is 7. The molecule has 1 aliphatic carbocycles. The molecule has 2 aromatic carbocycles. The van der Waals surface area contributed by atoms with Crippen LogP contribution in [0.15, 0.2) is 54.7 Å². The van der Waals surface area contributed by atoms with E-state index in [9.17, 15) is 19.5 Å². The van der Waals surface area contributed by atoms with E-state index in [0.29, 0.717) is 0 Å².